The first-order chi connectivity index (χ1) is 11.2. The first-order valence-corrected chi connectivity index (χ1v) is 8.23. The molecule has 0 aromatic carbocycles. The Morgan fingerprint density at radius 1 is 1.39 bits per heavy atom. The molecule has 0 saturated carbocycles. The number of nitrogens with zero attached hydrogens (tertiary/aromatic N) is 6. The van der Waals surface area contributed by atoms with Crippen LogP contribution in [-0.4, -0.2) is 49.2 Å². The third kappa shape index (κ3) is 3.00. The van der Waals surface area contributed by atoms with E-state index in [1.54, 1.807) is 6.20 Å². The van der Waals surface area contributed by atoms with Crippen molar-refractivity contribution in [2.45, 2.75) is 52.0 Å². The van der Waals surface area contributed by atoms with Gasteiger partial charge in [-0.1, -0.05) is 24.2 Å². The van der Waals surface area contributed by atoms with E-state index in [9.17, 15) is 0 Å². The van der Waals surface area contributed by atoms with E-state index in [4.69, 9.17) is 9.26 Å². The van der Waals surface area contributed by atoms with Gasteiger partial charge in [0, 0.05) is 19.5 Å². The number of piperidine rings is 1. The standard InChI is InChI=1S/C15H22N6O2/c1-10(2)5-15-17-14(18-23-15)8-20-4-3-12-13(7-20)22-9-11-6-16-19-21(11)12/h6,10,12-13H,3-5,7-9H2,1-2H3/t12-,13-/m1/s1. The summed E-state index contributed by atoms with van der Waals surface area (Å²) in [5.41, 5.74) is 1.07. The zero-order valence-corrected chi connectivity index (χ0v) is 13.6. The van der Waals surface area contributed by atoms with Crippen LogP contribution < -0.4 is 0 Å². The summed E-state index contributed by atoms with van der Waals surface area (Å²) >= 11 is 0. The molecule has 0 aliphatic carbocycles. The van der Waals surface area contributed by atoms with Crippen LogP contribution in [0.1, 0.15) is 43.7 Å². The van der Waals surface area contributed by atoms with E-state index in [0.29, 0.717) is 25.1 Å². The summed E-state index contributed by atoms with van der Waals surface area (Å²) in [6, 6.07) is 0.291. The molecule has 4 heterocycles. The fraction of sp³-hybridized carbons (Fsp3) is 0.733. The van der Waals surface area contributed by atoms with Gasteiger partial charge in [-0.3, -0.25) is 4.90 Å². The topological polar surface area (TPSA) is 82.1 Å². The summed E-state index contributed by atoms with van der Waals surface area (Å²) < 4.78 is 13.3. The molecule has 124 valence electrons. The molecule has 0 spiro atoms. The van der Waals surface area contributed by atoms with Crippen LogP contribution >= 0.6 is 0 Å². The second-order valence-corrected chi connectivity index (χ2v) is 6.81. The predicted molar refractivity (Wildman–Crippen MR) is 80.4 cm³/mol. The molecule has 0 unspecified atom stereocenters. The molecule has 23 heavy (non-hydrogen) atoms. The Morgan fingerprint density at radius 3 is 3.17 bits per heavy atom. The molecule has 1 fully saturated rings. The van der Waals surface area contributed by atoms with E-state index >= 15 is 0 Å². The highest BCUT2D eigenvalue weighted by atomic mass is 16.5. The van der Waals surface area contributed by atoms with Gasteiger partial charge in [-0.15, -0.1) is 5.10 Å². The van der Waals surface area contributed by atoms with E-state index in [2.05, 4.69) is 39.2 Å². The van der Waals surface area contributed by atoms with Crippen molar-refractivity contribution in [2.75, 3.05) is 13.1 Å². The van der Waals surface area contributed by atoms with E-state index in [-0.39, 0.29) is 6.10 Å². The van der Waals surface area contributed by atoms with Crippen LogP contribution in [-0.2, 0) is 24.3 Å². The van der Waals surface area contributed by atoms with Crippen LogP contribution in [0.15, 0.2) is 10.7 Å². The summed E-state index contributed by atoms with van der Waals surface area (Å²) in [5.74, 6) is 2.01. The number of aromatic nitrogens is 5. The van der Waals surface area contributed by atoms with Crippen LogP contribution in [0.5, 0.6) is 0 Å². The largest absolute Gasteiger partial charge is 0.368 e. The monoisotopic (exact) mass is 318 g/mol. The highest BCUT2D eigenvalue weighted by Gasteiger charge is 2.36. The molecule has 0 bridgehead atoms. The second kappa shape index (κ2) is 6.01. The molecule has 2 aliphatic heterocycles. The van der Waals surface area contributed by atoms with Crippen LogP contribution in [0.25, 0.3) is 0 Å². The molecule has 8 heteroatoms. The van der Waals surface area contributed by atoms with E-state index in [1.807, 2.05) is 4.68 Å². The molecule has 0 N–H and O–H groups in total. The number of hydrogen-bond acceptors (Lipinski definition) is 7. The van der Waals surface area contributed by atoms with Gasteiger partial charge in [0.25, 0.3) is 0 Å². The van der Waals surface area contributed by atoms with E-state index < -0.39 is 0 Å². The van der Waals surface area contributed by atoms with Crippen molar-refractivity contribution in [2.24, 2.45) is 5.92 Å². The number of fused-ring (bicyclic) bond motifs is 3. The Hall–Kier alpha value is -1.80. The van der Waals surface area contributed by atoms with Gasteiger partial charge in [0.15, 0.2) is 5.82 Å². The highest BCUT2D eigenvalue weighted by Crippen LogP contribution is 2.30. The van der Waals surface area contributed by atoms with Crippen LogP contribution in [0, 0.1) is 5.92 Å². The maximum Gasteiger partial charge on any atom is 0.226 e. The molecular formula is C15H22N6O2. The Balaban J connectivity index is 1.39. The van der Waals surface area contributed by atoms with Gasteiger partial charge in [-0.05, 0) is 12.3 Å². The molecule has 8 nitrogen and oxygen atoms in total. The molecule has 1 saturated heterocycles. The summed E-state index contributed by atoms with van der Waals surface area (Å²) in [4.78, 5) is 6.81. The zero-order chi connectivity index (χ0) is 15.8. The number of rotatable bonds is 4. The maximum atomic E-state index is 5.99. The van der Waals surface area contributed by atoms with Gasteiger partial charge in [0.2, 0.25) is 5.89 Å². The van der Waals surface area contributed by atoms with Crippen molar-refractivity contribution in [3.63, 3.8) is 0 Å². The van der Waals surface area contributed by atoms with Crippen molar-refractivity contribution in [3.8, 4) is 0 Å². The van der Waals surface area contributed by atoms with Gasteiger partial charge in [0.1, 0.15) is 0 Å². The predicted octanol–water partition coefficient (Wildman–Crippen LogP) is 1.21. The first-order valence-electron chi connectivity index (χ1n) is 8.23. The molecule has 0 radical (unpaired) electrons. The summed E-state index contributed by atoms with van der Waals surface area (Å²) in [7, 11) is 0. The summed E-state index contributed by atoms with van der Waals surface area (Å²) in [5, 5.41) is 12.3. The minimum absolute atomic E-state index is 0.153. The smallest absolute Gasteiger partial charge is 0.226 e. The Kier molecular flexibility index (Phi) is 3.86. The van der Waals surface area contributed by atoms with Crippen molar-refractivity contribution in [1.29, 1.82) is 0 Å². The average Bonchev–Trinajstić information content (AvgIpc) is 3.15. The quantitative estimate of drug-likeness (QED) is 0.838. The SMILES string of the molecule is CC(C)Cc1nc(CN2CC[C@@H]3[C@@H](C2)OCc2cnnn23)no1. The van der Waals surface area contributed by atoms with E-state index in [0.717, 1.165) is 43.3 Å². The lowest BCUT2D eigenvalue weighted by Crippen LogP contribution is -2.48. The summed E-state index contributed by atoms with van der Waals surface area (Å²) in [6.07, 6.45) is 3.77. The third-order valence-electron chi connectivity index (χ3n) is 4.47. The van der Waals surface area contributed by atoms with E-state index in [1.165, 1.54) is 0 Å². The van der Waals surface area contributed by atoms with Gasteiger partial charge in [-0.2, -0.15) is 4.98 Å². The van der Waals surface area contributed by atoms with Crippen molar-refractivity contribution >= 4 is 0 Å². The van der Waals surface area contributed by atoms with Gasteiger partial charge < -0.3 is 9.26 Å². The lowest BCUT2D eigenvalue weighted by Gasteiger charge is -2.40. The molecule has 2 aromatic heterocycles. The molecule has 2 aliphatic rings. The van der Waals surface area contributed by atoms with Gasteiger partial charge >= 0.3 is 0 Å². The maximum absolute atomic E-state index is 5.99. The third-order valence-corrected chi connectivity index (χ3v) is 4.47. The van der Waals surface area contributed by atoms with Crippen LogP contribution in [0.2, 0.25) is 0 Å². The van der Waals surface area contributed by atoms with Gasteiger partial charge in [0.05, 0.1) is 37.2 Å². The summed E-state index contributed by atoms with van der Waals surface area (Å²) in [6.45, 7) is 7.41. The minimum Gasteiger partial charge on any atom is -0.368 e. The molecule has 4 rings (SSSR count). The molecule has 2 aromatic rings. The zero-order valence-electron chi connectivity index (χ0n) is 13.6. The Morgan fingerprint density at radius 2 is 2.30 bits per heavy atom. The Bertz CT molecular complexity index is 666. The van der Waals surface area contributed by atoms with Crippen molar-refractivity contribution < 1.29 is 9.26 Å². The fourth-order valence-electron chi connectivity index (χ4n) is 3.38. The van der Waals surface area contributed by atoms with Gasteiger partial charge in [-0.25, -0.2) is 4.68 Å². The lowest BCUT2D eigenvalue weighted by atomic mass is 10.0. The van der Waals surface area contributed by atoms with Crippen LogP contribution in [0.4, 0.5) is 0 Å². The molecule has 2 atom stereocenters. The minimum atomic E-state index is 0.153. The second-order valence-electron chi connectivity index (χ2n) is 6.81. The Labute approximate surface area is 134 Å². The van der Waals surface area contributed by atoms with Crippen LogP contribution in [0.3, 0.4) is 0 Å². The average molecular weight is 318 g/mol. The molecule has 0 amide bonds. The first kappa shape index (κ1) is 14.8. The number of hydrogen-bond donors (Lipinski definition) is 0. The van der Waals surface area contributed by atoms with Crippen molar-refractivity contribution in [3.05, 3.63) is 23.6 Å². The molecular weight excluding hydrogens is 296 g/mol. The fourth-order valence-corrected chi connectivity index (χ4v) is 3.38. The number of likely N-dealkylation sites (tertiary alicyclic amines) is 1. The lowest BCUT2D eigenvalue weighted by molar-refractivity contribution is -0.0709. The number of ether oxygens (including phenoxy) is 1. The normalized spacial score (nSPS) is 24.7. The van der Waals surface area contributed by atoms with Crippen molar-refractivity contribution in [1.82, 2.24) is 30.0 Å². The highest BCUT2D eigenvalue weighted by molar-refractivity contribution is 5.01.